The van der Waals surface area contributed by atoms with Crippen molar-refractivity contribution in [3.63, 3.8) is 0 Å². The van der Waals surface area contributed by atoms with Crippen molar-refractivity contribution < 1.29 is 0 Å². The SMILES string of the molecule is C/C=C\C=C=C=C/C(C)=C(C)\C=C/CC/C=C\C. The molecule has 18 heavy (non-hydrogen) atoms. The Morgan fingerprint density at radius 3 is 2.28 bits per heavy atom. The number of allylic oxidation sites excluding steroid dienone is 10. The summed E-state index contributed by atoms with van der Waals surface area (Å²) in [6, 6.07) is 0. The first-order chi connectivity index (χ1) is 8.72. The van der Waals surface area contributed by atoms with Crippen molar-refractivity contribution in [2.75, 3.05) is 0 Å². The number of hydrogen-bond acceptors (Lipinski definition) is 0. The minimum Gasteiger partial charge on any atom is -0.0917 e. The first-order valence-electron chi connectivity index (χ1n) is 6.46. The molecule has 0 nitrogen and oxygen atoms in total. The van der Waals surface area contributed by atoms with Crippen LogP contribution >= 0.6 is 0 Å². The van der Waals surface area contributed by atoms with Crippen LogP contribution in [-0.2, 0) is 0 Å². The molecule has 0 unspecified atom stereocenters. The van der Waals surface area contributed by atoms with Gasteiger partial charge in [-0.05, 0) is 63.8 Å². The normalized spacial score (nSPS) is 12.7. The second kappa shape index (κ2) is 11.7. The average Bonchev–Trinajstić information content (AvgIpc) is 2.37. The largest absolute Gasteiger partial charge is 0.0917 e. The summed E-state index contributed by atoms with van der Waals surface area (Å²) in [5, 5.41) is 0. The summed E-state index contributed by atoms with van der Waals surface area (Å²) in [5.74, 6) is 0. The molecule has 0 aromatic rings. The highest BCUT2D eigenvalue weighted by molar-refractivity contribution is 5.29. The maximum atomic E-state index is 3.03. The maximum absolute atomic E-state index is 3.03. The summed E-state index contributed by atoms with van der Waals surface area (Å²) in [6.07, 6.45) is 18.6. The standard InChI is InChI=1S/C18H24/c1-5-7-9-11-13-15-17(3)18(4)16-14-12-10-8-6-2/h5-9,14-16H,10,12H2,1-4H3/b7-5-,8-6-,15-9?,16-14-,18-17-. The van der Waals surface area contributed by atoms with Crippen LogP contribution in [0.2, 0.25) is 0 Å². The van der Waals surface area contributed by atoms with Crippen LogP contribution in [0.15, 0.2) is 71.2 Å². The van der Waals surface area contributed by atoms with E-state index < -0.39 is 0 Å². The predicted octanol–water partition coefficient (Wildman–Crippen LogP) is 5.68. The van der Waals surface area contributed by atoms with Crippen molar-refractivity contribution >= 4 is 0 Å². The van der Waals surface area contributed by atoms with Gasteiger partial charge in [-0.15, -0.1) is 0 Å². The van der Waals surface area contributed by atoms with Crippen molar-refractivity contribution in [1.29, 1.82) is 0 Å². The van der Waals surface area contributed by atoms with Crippen LogP contribution in [0.1, 0.15) is 40.5 Å². The lowest BCUT2D eigenvalue weighted by atomic mass is 10.1. The van der Waals surface area contributed by atoms with E-state index >= 15 is 0 Å². The zero-order valence-electron chi connectivity index (χ0n) is 12.0. The van der Waals surface area contributed by atoms with Crippen LogP contribution in [0, 0.1) is 0 Å². The molecule has 0 aliphatic carbocycles. The molecule has 0 spiro atoms. The minimum atomic E-state index is 1.09. The quantitative estimate of drug-likeness (QED) is 0.242. The minimum absolute atomic E-state index is 1.09. The molecule has 0 fully saturated rings. The van der Waals surface area contributed by atoms with E-state index in [0.29, 0.717) is 0 Å². The van der Waals surface area contributed by atoms with Crippen molar-refractivity contribution in [3.8, 4) is 0 Å². The molecule has 0 heteroatoms. The first kappa shape index (κ1) is 16.3. The summed E-state index contributed by atoms with van der Waals surface area (Å²) in [5.41, 5.74) is 8.49. The second-order valence-electron chi connectivity index (χ2n) is 4.04. The lowest BCUT2D eigenvalue weighted by Crippen LogP contribution is -1.75. The molecule has 0 atom stereocenters. The van der Waals surface area contributed by atoms with Gasteiger partial charge in [0.2, 0.25) is 0 Å². The molecule has 0 N–H and O–H groups in total. The van der Waals surface area contributed by atoms with Crippen LogP contribution < -0.4 is 0 Å². The molecule has 0 aromatic carbocycles. The van der Waals surface area contributed by atoms with Gasteiger partial charge in [0.05, 0.1) is 0 Å². The van der Waals surface area contributed by atoms with Gasteiger partial charge in [0.15, 0.2) is 0 Å². The Labute approximate surface area is 112 Å². The Hall–Kier alpha value is -1.74. The second-order valence-corrected chi connectivity index (χ2v) is 4.04. The van der Waals surface area contributed by atoms with Gasteiger partial charge in [0.25, 0.3) is 0 Å². The number of unbranched alkanes of at least 4 members (excludes halogenated alkanes) is 1. The smallest absolute Gasteiger partial charge is 0.00834 e. The molecule has 0 rings (SSSR count). The van der Waals surface area contributed by atoms with Gasteiger partial charge in [-0.3, -0.25) is 0 Å². The molecular weight excluding hydrogens is 216 g/mol. The molecule has 0 amide bonds. The molecule has 0 aliphatic rings. The lowest BCUT2D eigenvalue weighted by Gasteiger charge is -1.95. The molecule has 0 bridgehead atoms. The Morgan fingerprint density at radius 2 is 1.61 bits per heavy atom. The van der Waals surface area contributed by atoms with E-state index in [0.717, 1.165) is 12.8 Å². The third-order valence-electron chi connectivity index (χ3n) is 2.47. The van der Waals surface area contributed by atoms with Gasteiger partial charge in [0.1, 0.15) is 0 Å². The van der Waals surface area contributed by atoms with E-state index in [1.165, 1.54) is 11.1 Å². The summed E-state index contributed by atoms with van der Waals surface area (Å²) in [7, 11) is 0. The third kappa shape index (κ3) is 9.48. The number of hydrogen-bond donors (Lipinski definition) is 0. The fourth-order valence-corrected chi connectivity index (χ4v) is 1.21. The van der Waals surface area contributed by atoms with Crippen LogP contribution in [0.4, 0.5) is 0 Å². The Bertz CT molecular complexity index is 427. The van der Waals surface area contributed by atoms with Gasteiger partial charge < -0.3 is 0 Å². The van der Waals surface area contributed by atoms with Crippen molar-refractivity contribution in [1.82, 2.24) is 0 Å². The van der Waals surface area contributed by atoms with E-state index in [1.54, 1.807) is 0 Å². The highest BCUT2D eigenvalue weighted by Crippen LogP contribution is 2.06. The summed E-state index contributed by atoms with van der Waals surface area (Å²) >= 11 is 0. The van der Waals surface area contributed by atoms with Crippen LogP contribution in [0.5, 0.6) is 0 Å². The predicted molar refractivity (Wildman–Crippen MR) is 82.5 cm³/mol. The highest BCUT2D eigenvalue weighted by atomic mass is 13.9. The van der Waals surface area contributed by atoms with E-state index in [2.05, 4.69) is 56.5 Å². The first-order valence-corrected chi connectivity index (χ1v) is 6.46. The monoisotopic (exact) mass is 240 g/mol. The summed E-state index contributed by atoms with van der Waals surface area (Å²) < 4.78 is 0. The molecule has 0 saturated carbocycles. The number of rotatable bonds is 6. The van der Waals surface area contributed by atoms with Gasteiger partial charge in [-0.25, -0.2) is 0 Å². The molecule has 0 aromatic heterocycles. The lowest BCUT2D eigenvalue weighted by molar-refractivity contribution is 1.05. The van der Waals surface area contributed by atoms with Gasteiger partial charge in [-0.2, -0.15) is 0 Å². The zero-order chi connectivity index (χ0) is 13.6. The molecule has 0 radical (unpaired) electrons. The van der Waals surface area contributed by atoms with Crippen molar-refractivity contribution in [2.24, 2.45) is 0 Å². The van der Waals surface area contributed by atoms with E-state index in [9.17, 15) is 0 Å². The summed E-state index contributed by atoms with van der Waals surface area (Å²) in [6.45, 7) is 8.25. The fraction of sp³-hybridized carbons (Fsp3) is 0.333. The van der Waals surface area contributed by atoms with Gasteiger partial charge in [-0.1, -0.05) is 47.9 Å². The van der Waals surface area contributed by atoms with Crippen molar-refractivity contribution in [3.05, 3.63) is 71.2 Å². The fourth-order valence-electron chi connectivity index (χ4n) is 1.21. The van der Waals surface area contributed by atoms with Crippen molar-refractivity contribution in [2.45, 2.75) is 40.5 Å². The topological polar surface area (TPSA) is 0 Å². The van der Waals surface area contributed by atoms with Crippen LogP contribution in [0.3, 0.4) is 0 Å². The highest BCUT2D eigenvalue weighted by Gasteiger charge is 1.87. The van der Waals surface area contributed by atoms with Gasteiger partial charge >= 0.3 is 0 Å². The molecule has 96 valence electrons. The van der Waals surface area contributed by atoms with Gasteiger partial charge in [0, 0.05) is 0 Å². The Kier molecular flexibility index (Phi) is 10.6. The molecule has 0 aliphatic heterocycles. The summed E-state index contributed by atoms with van der Waals surface area (Å²) in [4.78, 5) is 0. The molecule has 0 heterocycles. The maximum Gasteiger partial charge on any atom is -0.00834 e. The third-order valence-corrected chi connectivity index (χ3v) is 2.47. The van der Waals surface area contributed by atoms with Crippen LogP contribution in [0.25, 0.3) is 0 Å². The van der Waals surface area contributed by atoms with Crippen LogP contribution in [-0.4, -0.2) is 0 Å². The van der Waals surface area contributed by atoms with E-state index in [1.807, 2.05) is 31.2 Å². The Balaban J connectivity index is 4.47. The molecule has 0 saturated heterocycles. The average molecular weight is 240 g/mol. The van der Waals surface area contributed by atoms with E-state index in [4.69, 9.17) is 0 Å². The molecular formula is C18H24. The Morgan fingerprint density at radius 1 is 0.889 bits per heavy atom. The van der Waals surface area contributed by atoms with E-state index in [-0.39, 0.29) is 0 Å². The zero-order valence-corrected chi connectivity index (χ0v) is 12.0.